The lowest BCUT2D eigenvalue weighted by Gasteiger charge is -2.21. The summed E-state index contributed by atoms with van der Waals surface area (Å²) in [6.45, 7) is 45.4. The highest BCUT2D eigenvalue weighted by Gasteiger charge is 2.17. The second kappa shape index (κ2) is 43.9. The molecule has 3 aromatic rings. The van der Waals surface area contributed by atoms with Crippen molar-refractivity contribution in [1.29, 1.82) is 0 Å². The van der Waals surface area contributed by atoms with Crippen LogP contribution in [0.1, 0.15) is 151 Å². The number of likely N-dealkylation sites (N-methyl/N-ethyl adjacent to an activating group) is 2. The number of hydrogen-bond donors (Lipinski definition) is 3. The highest BCUT2D eigenvalue weighted by atomic mass is 15.3. The van der Waals surface area contributed by atoms with Gasteiger partial charge >= 0.3 is 0 Å². The number of anilines is 1. The summed E-state index contributed by atoms with van der Waals surface area (Å²) in [5.41, 5.74) is 9.28. The second-order valence-corrected chi connectivity index (χ2v) is 16.4. The average molecular weight is 945 g/mol. The minimum absolute atomic E-state index is 0.483. The summed E-state index contributed by atoms with van der Waals surface area (Å²) in [5, 5.41) is 14.3. The lowest BCUT2D eigenvalue weighted by molar-refractivity contribution is 0.403. The maximum Gasteiger partial charge on any atom is 0.0649 e. The Labute approximate surface area is 425 Å². The molecule has 69 heavy (non-hydrogen) atoms. The van der Waals surface area contributed by atoms with Crippen molar-refractivity contribution in [3.05, 3.63) is 176 Å². The van der Waals surface area contributed by atoms with Crippen molar-refractivity contribution < 1.29 is 0 Å². The normalized spacial score (nSPS) is 16.2. The smallest absolute Gasteiger partial charge is 0.0649 e. The van der Waals surface area contributed by atoms with Crippen molar-refractivity contribution in [2.45, 2.75) is 158 Å². The predicted molar refractivity (Wildman–Crippen MR) is 313 cm³/mol. The van der Waals surface area contributed by atoms with Crippen LogP contribution in [0.3, 0.4) is 0 Å². The van der Waals surface area contributed by atoms with Crippen molar-refractivity contribution >= 4 is 17.8 Å². The van der Waals surface area contributed by atoms with Gasteiger partial charge in [0.25, 0.3) is 0 Å². The molecule has 3 heterocycles. The summed E-state index contributed by atoms with van der Waals surface area (Å²) >= 11 is 0. The van der Waals surface area contributed by atoms with Gasteiger partial charge < -0.3 is 25.8 Å². The SMILES string of the molecule is C=C(/C=C\C)N(C)C(=C)CCC.C=CC1CCCN1C=C.C=Cc1cnn(-c2ccccc2)c1CCC.CC.CC.CCC.CCNc1ccc(/C=C/C2=CCC(NC)C=C2)cc1.C[C@@H]1CCCN1. The molecule has 3 aliphatic rings. The monoisotopic (exact) mass is 944 g/mol. The zero-order valence-electron chi connectivity index (χ0n) is 46.3. The lowest BCUT2D eigenvalue weighted by atomic mass is 10.0. The number of nitrogens with one attached hydrogen (secondary N) is 3. The molecule has 2 fully saturated rings. The number of likely N-dealkylation sites (tertiary alicyclic amines) is 1. The number of hydrogen-bond acceptors (Lipinski definition) is 6. The Kier molecular flexibility index (Phi) is 41.8. The molecular formula is C62H101N7. The van der Waals surface area contributed by atoms with E-state index < -0.39 is 0 Å². The maximum absolute atomic E-state index is 4.42. The zero-order valence-corrected chi connectivity index (χ0v) is 46.3. The van der Waals surface area contributed by atoms with Gasteiger partial charge in [-0.1, -0.05) is 180 Å². The largest absolute Gasteiger partial charge is 0.385 e. The van der Waals surface area contributed by atoms with Gasteiger partial charge in [-0.25, -0.2) is 4.68 Å². The molecule has 3 atom stereocenters. The molecule has 3 N–H and O–H groups in total. The van der Waals surface area contributed by atoms with Crippen LogP contribution in [0.15, 0.2) is 159 Å². The topological polar surface area (TPSA) is 60.4 Å². The van der Waals surface area contributed by atoms with Crippen molar-refractivity contribution in [3.8, 4) is 5.69 Å². The Balaban J connectivity index is 0. The minimum atomic E-state index is 0.483. The second-order valence-electron chi connectivity index (χ2n) is 16.4. The molecule has 2 aliphatic heterocycles. The summed E-state index contributed by atoms with van der Waals surface area (Å²) in [7, 11) is 4.00. The summed E-state index contributed by atoms with van der Waals surface area (Å²) < 4.78 is 2.00. The van der Waals surface area contributed by atoms with E-state index in [9.17, 15) is 0 Å². The predicted octanol–water partition coefficient (Wildman–Crippen LogP) is 16.4. The molecule has 0 amide bonds. The van der Waals surface area contributed by atoms with Crippen LogP contribution in [0.25, 0.3) is 17.8 Å². The van der Waals surface area contributed by atoms with E-state index in [4.69, 9.17) is 0 Å². The van der Waals surface area contributed by atoms with Crippen LogP contribution in [0, 0.1) is 0 Å². The number of rotatable bonds is 16. The summed E-state index contributed by atoms with van der Waals surface area (Å²) in [6, 6.07) is 20.6. The fourth-order valence-electron chi connectivity index (χ4n) is 7.04. The third-order valence-corrected chi connectivity index (χ3v) is 10.8. The molecular weight excluding hydrogens is 843 g/mol. The molecule has 0 saturated carbocycles. The number of aromatic nitrogens is 2. The molecule has 0 radical (unpaired) electrons. The lowest BCUT2D eigenvalue weighted by Crippen LogP contribution is -2.23. The van der Waals surface area contributed by atoms with E-state index in [-0.39, 0.29) is 0 Å². The first-order chi connectivity index (χ1) is 33.5. The number of para-hydroxylation sites is 1. The molecule has 1 aromatic heterocycles. The van der Waals surface area contributed by atoms with Crippen molar-refractivity contribution in [2.24, 2.45) is 0 Å². The molecule has 0 bridgehead atoms. The molecule has 2 aromatic carbocycles. The van der Waals surface area contributed by atoms with Crippen molar-refractivity contribution in [1.82, 2.24) is 30.2 Å². The first-order valence-electron chi connectivity index (χ1n) is 26.3. The van der Waals surface area contributed by atoms with Gasteiger partial charge in [0.05, 0.1) is 17.6 Å². The number of allylic oxidation sites excluding steroid dienone is 6. The Morgan fingerprint density at radius 1 is 0.899 bits per heavy atom. The molecule has 2 saturated heterocycles. The molecule has 6 rings (SSSR count). The van der Waals surface area contributed by atoms with E-state index in [1.165, 1.54) is 61.2 Å². The molecule has 1 aliphatic carbocycles. The van der Waals surface area contributed by atoms with Crippen LogP contribution < -0.4 is 16.0 Å². The van der Waals surface area contributed by atoms with Crippen LogP contribution in [0.5, 0.6) is 0 Å². The van der Waals surface area contributed by atoms with Gasteiger partial charge in [0.15, 0.2) is 0 Å². The van der Waals surface area contributed by atoms with Crippen molar-refractivity contribution in [2.75, 3.05) is 39.0 Å². The highest BCUT2D eigenvalue weighted by Crippen LogP contribution is 2.19. The maximum atomic E-state index is 4.42. The molecule has 384 valence electrons. The van der Waals surface area contributed by atoms with Gasteiger partial charge in [-0.3, -0.25) is 0 Å². The fraction of sp³-hybridized carbons (Fsp3) is 0.468. The molecule has 7 nitrogen and oxygen atoms in total. The van der Waals surface area contributed by atoms with E-state index >= 15 is 0 Å². The van der Waals surface area contributed by atoms with Gasteiger partial charge in [0.1, 0.15) is 0 Å². The van der Waals surface area contributed by atoms with Crippen LogP contribution in [0.2, 0.25) is 0 Å². The molecule has 7 heteroatoms. The van der Waals surface area contributed by atoms with Gasteiger partial charge in [-0.2, -0.15) is 5.10 Å². The van der Waals surface area contributed by atoms with Gasteiger partial charge in [-0.05, 0) is 127 Å². The Bertz CT molecular complexity index is 1860. The van der Waals surface area contributed by atoms with Gasteiger partial charge in [0, 0.05) is 60.9 Å². The zero-order chi connectivity index (χ0) is 52.2. The first kappa shape index (κ1) is 65.7. The van der Waals surface area contributed by atoms with E-state index in [2.05, 4.69) is 167 Å². The van der Waals surface area contributed by atoms with E-state index in [1.54, 1.807) is 0 Å². The van der Waals surface area contributed by atoms with E-state index in [0.29, 0.717) is 12.1 Å². The fourth-order valence-corrected chi connectivity index (χ4v) is 7.04. The van der Waals surface area contributed by atoms with Crippen LogP contribution in [-0.4, -0.2) is 71.4 Å². The Hall–Kier alpha value is -5.37. The summed E-state index contributed by atoms with van der Waals surface area (Å²) in [6.07, 6.45) is 34.5. The highest BCUT2D eigenvalue weighted by molar-refractivity contribution is 5.58. The quantitative estimate of drug-likeness (QED) is 0.0983. The third kappa shape index (κ3) is 28.7. The summed E-state index contributed by atoms with van der Waals surface area (Å²) in [4.78, 5) is 4.26. The van der Waals surface area contributed by atoms with E-state index in [0.717, 1.165) is 73.9 Å². The molecule has 0 spiro atoms. The van der Waals surface area contributed by atoms with Crippen LogP contribution >= 0.6 is 0 Å². The Morgan fingerprint density at radius 3 is 2.01 bits per heavy atom. The average Bonchev–Trinajstić information content (AvgIpc) is 4.18. The van der Waals surface area contributed by atoms with Crippen molar-refractivity contribution in [3.63, 3.8) is 0 Å². The third-order valence-electron chi connectivity index (χ3n) is 10.8. The number of benzene rings is 2. The Morgan fingerprint density at radius 2 is 1.57 bits per heavy atom. The first-order valence-corrected chi connectivity index (χ1v) is 26.3. The van der Waals surface area contributed by atoms with Gasteiger partial charge in [0.2, 0.25) is 0 Å². The standard InChI is InChI=1S/C17H22N2.C14H16N2.C11H19N.C8H13N.C5H11N.C3H8.2C2H6/c1-3-19-17-12-8-15(9-13-17)5-4-14-6-10-16(18-2)11-7-14;1-3-8-14-12(4-2)11-15-16(14)13-9-6-5-7-10-13;1-6-8-10(3)12(5)11(4)9-7-2;1-3-8-6-5-7-9(8)4-2;1-5-3-2-4-6-5;1-3-2;2*1-2/h4-10,12-13,16,18-19H,3,11H2,1-2H3;4-7,9-11H,2-3,8H2,1H3;6,8H,3-4,7,9H2,1-2,5H3;3-4,8H,1-2,5-7H2;5-6H,2-4H2,1H3;3H2,1-2H3;2*1-2H3/b5-4+;;8-6-;;;;;/t;;;;5-;;;/m....1.../s1. The number of nitrogens with zero attached hydrogens (tertiary/aromatic N) is 4. The van der Waals surface area contributed by atoms with E-state index in [1.807, 2.05) is 113 Å². The van der Waals surface area contributed by atoms with Gasteiger partial charge in [-0.15, -0.1) is 6.58 Å². The van der Waals surface area contributed by atoms with Crippen LogP contribution in [-0.2, 0) is 6.42 Å². The summed E-state index contributed by atoms with van der Waals surface area (Å²) in [5.74, 6) is 0. The van der Waals surface area contributed by atoms with Crippen LogP contribution in [0.4, 0.5) is 5.69 Å². The molecule has 2 unspecified atom stereocenters. The minimum Gasteiger partial charge on any atom is -0.385 e.